The molecule has 3 aromatic rings. The lowest BCUT2D eigenvalue weighted by atomic mass is 10.1. The van der Waals surface area contributed by atoms with Crippen LogP contribution in [0.2, 0.25) is 0 Å². The average Bonchev–Trinajstić information content (AvgIpc) is 3.25. The molecular formula is C18H17FN6O. The molecular weight excluding hydrogens is 335 g/mol. The molecule has 3 heterocycles. The Bertz CT molecular complexity index is 1010. The lowest BCUT2D eigenvalue weighted by Crippen LogP contribution is -2.39. The van der Waals surface area contributed by atoms with Gasteiger partial charge in [0.1, 0.15) is 5.82 Å². The highest BCUT2D eigenvalue weighted by Crippen LogP contribution is 2.22. The van der Waals surface area contributed by atoms with Crippen molar-refractivity contribution in [2.24, 2.45) is 7.05 Å². The molecule has 0 atom stereocenters. The zero-order valence-corrected chi connectivity index (χ0v) is 14.3. The van der Waals surface area contributed by atoms with Gasteiger partial charge in [-0.1, -0.05) is 12.7 Å². The Labute approximate surface area is 149 Å². The van der Waals surface area contributed by atoms with E-state index >= 15 is 0 Å². The number of hydrogen-bond acceptors (Lipinski definition) is 4. The number of imidazole rings is 1. The summed E-state index contributed by atoms with van der Waals surface area (Å²) < 4.78 is 17.3. The Kier molecular flexibility index (Phi) is 3.87. The van der Waals surface area contributed by atoms with E-state index in [4.69, 9.17) is 0 Å². The quantitative estimate of drug-likeness (QED) is 0.724. The van der Waals surface area contributed by atoms with Crippen molar-refractivity contribution in [2.75, 3.05) is 6.54 Å². The summed E-state index contributed by atoms with van der Waals surface area (Å²) in [6.07, 6.45) is 5.05. The van der Waals surface area contributed by atoms with Crippen molar-refractivity contribution in [3.8, 4) is 11.6 Å². The van der Waals surface area contributed by atoms with Gasteiger partial charge in [0.05, 0.1) is 6.54 Å². The van der Waals surface area contributed by atoms with Crippen molar-refractivity contribution in [1.82, 2.24) is 29.2 Å². The summed E-state index contributed by atoms with van der Waals surface area (Å²) in [6, 6.07) is 4.09. The van der Waals surface area contributed by atoms with Crippen molar-refractivity contribution < 1.29 is 9.18 Å². The van der Waals surface area contributed by atoms with E-state index in [1.165, 1.54) is 24.3 Å². The monoisotopic (exact) mass is 352 g/mol. The summed E-state index contributed by atoms with van der Waals surface area (Å²) in [5.74, 6) is 1.55. The number of hydrogen-bond donors (Lipinski definition) is 0. The fraction of sp³-hybridized carbons (Fsp3) is 0.222. The van der Waals surface area contributed by atoms with Gasteiger partial charge in [-0.2, -0.15) is 0 Å². The summed E-state index contributed by atoms with van der Waals surface area (Å²) in [5.41, 5.74) is 0.912. The molecule has 1 amide bonds. The zero-order chi connectivity index (χ0) is 18.3. The van der Waals surface area contributed by atoms with Gasteiger partial charge in [0.15, 0.2) is 17.5 Å². The second-order valence-electron chi connectivity index (χ2n) is 6.12. The van der Waals surface area contributed by atoms with Crippen LogP contribution in [0, 0.1) is 5.82 Å². The van der Waals surface area contributed by atoms with Crippen LogP contribution >= 0.6 is 0 Å². The van der Waals surface area contributed by atoms with Crippen LogP contribution in [0.5, 0.6) is 0 Å². The molecule has 0 radical (unpaired) electrons. The topological polar surface area (TPSA) is 68.8 Å². The van der Waals surface area contributed by atoms with Crippen LogP contribution in [0.4, 0.5) is 4.39 Å². The molecule has 0 unspecified atom stereocenters. The Hall–Kier alpha value is -3.29. The summed E-state index contributed by atoms with van der Waals surface area (Å²) in [7, 11) is 1.90. The lowest BCUT2D eigenvalue weighted by molar-refractivity contribution is 0.0707. The summed E-state index contributed by atoms with van der Waals surface area (Å²) >= 11 is 0. The van der Waals surface area contributed by atoms with Crippen LogP contribution < -0.4 is 0 Å². The summed E-state index contributed by atoms with van der Waals surface area (Å²) in [4.78, 5) is 18.9. The zero-order valence-electron chi connectivity index (χ0n) is 14.3. The van der Waals surface area contributed by atoms with Gasteiger partial charge >= 0.3 is 0 Å². The molecule has 0 aliphatic carbocycles. The van der Waals surface area contributed by atoms with Crippen molar-refractivity contribution >= 4 is 12.0 Å². The maximum Gasteiger partial charge on any atom is 0.254 e. The van der Waals surface area contributed by atoms with Gasteiger partial charge in [-0.25, -0.2) is 9.37 Å². The van der Waals surface area contributed by atoms with Gasteiger partial charge in [-0.05, 0) is 23.8 Å². The summed E-state index contributed by atoms with van der Waals surface area (Å²) in [6.45, 7) is 5.08. The van der Waals surface area contributed by atoms with Gasteiger partial charge in [0.25, 0.3) is 5.91 Å². The molecule has 0 fully saturated rings. The Morgan fingerprint density at radius 2 is 2.12 bits per heavy atom. The predicted molar refractivity (Wildman–Crippen MR) is 93.5 cm³/mol. The van der Waals surface area contributed by atoms with Crippen LogP contribution in [0.15, 0.2) is 37.2 Å². The van der Waals surface area contributed by atoms with Crippen LogP contribution in [0.1, 0.15) is 21.7 Å². The molecule has 0 saturated heterocycles. The number of aromatic nitrogens is 5. The van der Waals surface area contributed by atoms with Crippen LogP contribution in [0.3, 0.4) is 0 Å². The molecule has 8 heteroatoms. The van der Waals surface area contributed by atoms with Gasteiger partial charge in [0.2, 0.25) is 0 Å². The highest BCUT2D eigenvalue weighted by atomic mass is 19.1. The number of benzene rings is 1. The molecule has 0 N–H and O–H groups in total. The van der Waals surface area contributed by atoms with Crippen LogP contribution in [-0.4, -0.2) is 41.7 Å². The van der Waals surface area contributed by atoms with Gasteiger partial charge in [-0.3, -0.25) is 4.79 Å². The second kappa shape index (κ2) is 6.21. The largest absolute Gasteiger partial charge is 0.331 e. The first-order valence-electron chi connectivity index (χ1n) is 8.19. The van der Waals surface area contributed by atoms with Crippen molar-refractivity contribution in [1.29, 1.82) is 0 Å². The van der Waals surface area contributed by atoms with Gasteiger partial charge < -0.3 is 14.0 Å². The average molecular weight is 352 g/mol. The molecule has 1 aromatic carbocycles. The minimum absolute atomic E-state index is 0.173. The van der Waals surface area contributed by atoms with E-state index in [1.807, 2.05) is 22.4 Å². The number of amides is 1. The molecule has 4 rings (SSSR count). The number of nitrogens with zero attached hydrogens (tertiary/aromatic N) is 6. The first kappa shape index (κ1) is 16.2. The number of rotatable bonds is 3. The van der Waals surface area contributed by atoms with Gasteiger partial charge in [-0.15, -0.1) is 10.2 Å². The molecule has 2 aromatic heterocycles. The number of aryl methyl sites for hydroxylation is 1. The first-order valence-corrected chi connectivity index (χ1v) is 8.19. The first-order chi connectivity index (χ1) is 12.6. The van der Waals surface area contributed by atoms with E-state index in [-0.39, 0.29) is 5.91 Å². The van der Waals surface area contributed by atoms with E-state index in [2.05, 4.69) is 21.8 Å². The second-order valence-corrected chi connectivity index (χ2v) is 6.12. The third-order valence-corrected chi connectivity index (χ3v) is 4.53. The number of carbonyl (C=O) groups excluding carboxylic acids is 1. The SMILES string of the molecule is C=Cc1cc(F)ccc1C(=O)N1CCn2c(nnc2-c2nccn2C)C1. The smallest absolute Gasteiger partial charge is 0.254 e. The molecule has 26 heavy (non-hydrogen) atoms. The fourth-order valence-electron chi connectivity index (χ4n) is 3.15. The maximum atomic E-state index is 13.4. The molecule has 0 bridgehead atoms. The highest BCUT2D eigenvalue weighted by Gasteiger charge is 2.27. The molecule has 7 nitrogen and oxygen atoms in total. The molecule has 0 saturated carbocycles. The van der Waals surface area contributed by atoms with Crippen molar-refractivity contribution in [3.63, 3.8) is 0 Å². The molecule has 1 aliphatic rings. The molecule has 0 spiro atoms. The van der Waals surface area contributed by atoms with E-state index in [0.29, 0.717) is 42.4 Å². The van der Waals surface area contributed by atoms with E-state index in [9.17, 15) is 9.18 Å². The third kappa shape index (κ3) is 2.59. The highest BCUT2D eigenvalue weighted by molar-refractivity contribution is 5.97. The maximum absolute atomic E-state index is 13.4. The minimum atomic E-state index is -0.394. The number of carbonyl (C=O) groups is 1. The Morgan fingerprint density at radius 1 is 1.27 bits per heavy atom. The number of fused-ring (bicyclic) bond motifs is 1. The standard InChI is InChI=1S/C18H17FN6O/c1-3-12-10-13(19)4-5-14(12)18(26)24-8-9-25-15(11-24)21-22-17(25)16-20-6-7-23(16)2/h3-7,10H,1,8-9,11H2,2H3. The van der Waals surface area contributed by atoms with Crippen LogP contribution in [-0.2, 0) is 20.1 Å². The van der Waals surface area contributed by atoms with Crippen LogP contribution in [0.25, 0.3) is 17.7 Å². The summed E-state index contributed by atoms with van der Waals surface area (Å²) in [5, 5.41) is 8.46. The lowest BCUT2D eigenvalue weighted by Gasteiger charge is -2.28. The molecule has 132 valence electrons. The van der Waals surface area contributed by atoms with E-state index < -0.39 is 5.82 Å². The van der Waals surface area contributed by atoms with Crippen molar-refractivity contribution in [2.45, 2.75) is 13.1 Å². The Morgan fingerprint density at radius 3 is 2.85 bits per heavy atom. The fourth-order valence-corrected chi connectivity index (χ4v) is 3.15. The van der Waals surface area contributed by atoms with E-state index in [0.717, 1.165) is 5.82 Å². The Balaban J connectivity index is 1.62. The predicted octanol–water partition coefficient (Wildman–Crippen LogP) is 2.12. The molecule has 1 aliphatic heterocycles. The number of halogens is 1. The minimum Gasteiger partial charge on any atom is -0.331 e. The van der Waals surface area contributed by atoms with Crippen molar-refractivity contribution in [3.05, 3.63) is 59.9 Å². The third-order valence-electron chi connectivity index (χ3n) is 4.53. The normalized spacial score (nSPS) is 13.5. The van der Waals surface area contributed by atoms with Gasteiger partial charge in [0, 0.05) is 38.1 Å². The van der Waals surface area contributed by atoms with E-state index in [1.54, 1.807) is 11.1 Å².